The number of hydrogen-bond donors (Lipinski definition) is 2. The lowest BCUT2D eigenvalue weighted by molar-refractivity contribution is -0.115. The van der Waals surface area contributed by atoms with Crippen LogP contribution in [0.3, 0.4) is 0 Å². The second-order valence-corrected chi connectivity index (χ2v) is 4.66. The first kappa shape index (κ1) is 12.6. The number of fused-ring (bicyclic) bond motifs is 1. The number of benzene rings is 1. The number of nitrogens with one attached hydrogen (secondary N) is 2. The van der Waals surface area contributed by atoms with Crippen LogP contribution in [0.2, 0.25) is 5.15 Å². The van der Waals surface area contributed by atoms with Crippen molar-refractivity contribution in [1.82, 2.24) is 9.97 Å². The molecule has 6 nitrogen and oxygen atoms in total. The molecule has 0 unspecified atom stereocenters. The van der Waals surface area contributed by atoms with Gasteiger partial charge in [-0.15, -0.1) is 0 Å². The molecule has 3 rings (SSSR count). The van der Waals surface area contributed by atoms with Gasteiger partial charge in [-0.25, -0.2) is 9.97 Å². The van der Waals surface area contributed by atoms with Crippen molar-refractivity contribution in [2.75, 3.05) is 10.6 Å². The van der Waals surface area contributed by atoms with Crippen LogP contribution in [0.4, 0.5) is 11.5 Å². The molecule has 0 saturated carbocycles. The maximum Gasteiger partial charge on any atom is 0.256 e. The first-order valence-electron chi connectivity index (χ1n) is 5.83. The van der Waals surface area contributed by atoms with Gasteiger partial charge in [0.05, 0.1) is 6.42 Å². The monoisotopic (exact) mass is 288 g/mol. The molecular formula is C13H9ClN4O2. The Balaban J connectivity index is 1.81. The Morgan fingerprint density at radius 3 is 2.95 bits per heavy atom. The fraction of sp³-hybridized carbons (Fsp3) is 0.0769. The number of anilines is 2. The van der Waals surface area contributed by atoms with Gasteiger partial charge >= 0.3 is 0 Å². The van der Waals surface area contributed by atoms with Crippen LogP contribution < -0.4 is 10.6 Å². The lowest BCUT2D eigenvalue weighted by Gasteiger charge is -2.06. The molecule has 2 amide bonds. The second-order valence-electron chi connectivity index (χ2n) is 4.28. The fourth-order valence-corrected chi connectivity index (χ4v) is 2.09. The average Bonchev–Trinajstić information content (AvgIpc) is 2.77. The summed E-state index contributed by atoms with van der Waals surface area (Å²) in [5.74, 6) is -0.0802. The van der Waals surface area contributed by atoms with Crippen molar-refractivity contribution in [1.29, 1.82) is 0 Å². The number of nitrogens with zero attached hydrogens (tertiary/aromatic N) is 2. The van der Waals surface area contributed by atoms with E-state index in [1.54, 1.807) is 18.2 Å². The van der Waals surface area contributed by atoms with Gasteiger partial charge in [0, 0.05) is 17.3 Å². The van der Waals surface area contributed by atoms with Crippen LogP contribution in [0.15, 0.2) is 30.6 Å². The molecule has 0 radical (unpaired) electrons. The van der Waals surface area contributed by atoms with Gasteiger partial charge in [0.2, 0.25) is 5.91 Å². The van der Waals surface area contributed by atoms with Crippen molar-refractivity contribution < 1.29 is 9.59 Å². The zero-order valence-electron chi connectivity index (χ0n) is 10.2. The molecule has 0 saturated heterocycles. The van der Waals surface area contributed by atoms with E-state index in [1.807, 2.05) is 0 Å². The Hall–Kier alpha value is -2.47. The first-order chi connectivity index (χ1) is 9.61. The molecule has 0 atom stereocenters. The van der Waals surface area contributed by atoms with Gasteiger partial charge in [-0.05, 0) is 17.7 Å². The van der Waals surface area contributed by atoms with Crippen LogP contribution in [0.5, 0.6) is 0 Å². The molecule has 7 heteroatoms. The van der Waals surface area contributed by atoms with Gasteiger partial charge in [0.15, 0.2) is 0 Å². The Labute approximate surface area is 119 Å². The van der Waals surface area contributed by atoms with Crippen molar-refractivity contribution in [2.24, 2.45) is 0 Å². The lowest BCUT2D eigenvalue weighted by atomic mass is 10.1. The van der Waals surface area contributed by atoms with E-state index in [0.29, 0.717) is 23.5 Å². The predicted octanol–water partition coefficient (Wildman–Crippen LogP) is 1.88. The maximum atomic E-state index is 12.1. The molecule has 0 bridgehead atoms. The number of carbonyl (C=O) groups excluding carboxylic acids is 2. The zero-order chi connectivity index (χ0) is 14.1. The van der Waals surface area contributed by atoms with E-state index in [1.165, 1.54) is 12.4 Å². The smallest absolute Gasteiger partial charge is 0.256 e. The lowest BCUT2D eigenvalue weighted by Crippen LogP contribution is -2.13. The molecule has 2 N–H and O–H groups in total. The Morgan fingerprint density at radius 2 is 2.15 bits per heavy atom. The zero-order valence-corrected chi connectivity index (χ0v) is 10.9. The normalized spacial score (nSPS) is 12.8. The van der Waals surface area contributed by atoms with E-state index >= 15 is 0 Å². The fourth-order valence-electron chi connectivity index (χ4n) is 1.95. The molecule has 0 fully saturated rings. The van der Waals surface area contributed by atoms with Gasteiger partial charge < -0.3 is 10.6 Å². The highest BCUT2D eigenvalue weighted by Crippen LogP contribution is 2.24. The van der Waals surface area contributed by atoms with Gasteiger partial charge in [0.1, 0.15) is 17.3 Å². The number of carbonyl (C=O) groups is 2. The Kier molecular flexibility index (Phi) is 3.08. The number of amides is 2. The SMILES string of the molecule is O=C1Cc2ccc(C(=O)Nc3cc(Cl)ncn3)cc2N1. The van der Waals surface area contributed by atoms with Crippen molar-refractivity contribution in [3.05, 3.63) is 46.9 Å². The van der Waals surface area contributed by atoms with Crippen molar-refractivity contribution in [2.45, 2.75) is 6.42 Å². The third-order valence-electron chi connectivity index (χ3n) is 2.87. The van der Waals surface area contributed by atoms with Gasteiger partial charge in [-0.1, -0.05) is 17.7 Å². The number of rotatable bonds is 2. The number of halogens is 1. The molecule has 20 heavy (non-hydrogen) atoms. The number of hydrogen-bond acceptors (Lipinski definition) is 4. The molecule has 1 aliphatic rings. The van der Waals surface area contributed by atoms with Crippen LogP contribution >= 0.6 is 11.6 Å². The van der Waals surface area contributed by atoms with Crippen LogP contribution in [0.1, 0.15) is 15.9 Å². The van der Waals surface area contributed by atoms with E-state index in [4.69, 9.17) is 11.6 Å². The molecule has 1 aromatic heterocycles. The topological polar surface area (TPSA) is 84.0 Å². The standard InChI is InChI=1S/C13H9ClN4O2/c14-10-5-11(16-6-15-10)18-13(20)8-2-1-7-4-12(19)17-9(7)3-8/h1-3,5-6H,4H2,(H,17,19)(H,15,16,18,20). The van der Waals surface area contributed by atoms with Crippen LogP contribution in [0, 0.1) is 0 Å². The average molecular weight is 289 g/mol. The van der Waals surface area contributed by atoms with Crippen molar-refractivity contribution >= 4 is 34.9 Å². The summed E-state index contributed by atoms with van der Waals surface area (Å²) in [7, 11) is 0. The molecule has 1 aliphatic heterocycles. The quantitative estimate of drug-likeness (QED) is 0.826. The predicted molar refractivity (Wildman–Crippen MR) is 73.8 cm³/mol. The summed E-state index contributed by atoms with van der Waals surface area (Å²) in [5.41, 5.74) is 1.99. The highest BCUT2D eigenvalue weighted by molar-refractivity contribution is 6.29. The third kappa shape index (κ3) is 2.46. The molecule has 1 aromatic carbocycles. The highest BCUT2D eigenvalue weighted by Gasteiger charge is 2.19. The minimum Gasteiger partial charge on any atom is -0.326 e. The van der Waals surface area contributed by atoms with Crippen LogP contribution in [-0.2, 0) is 11.2 Å². The minimum atomic E-state index is -0.330. The molecule has 0 spiro atoms. The van der Waals surface area contributed by atoms with E-state index in [0.717, 1.165) is 5.56 Å². The van der Waals surface area contributed by atoms with Gasteiger partial charge in [0.25, 0.3) is 5.91 Å². The molecule has 0 aliphatic carbocycles. The minimum absolute atomic E-state index is 0.0693. The molecule has 2 aromatic rings. The molecule has 100 valence electrons. The van der Waals surface area contributed by atoms with Crippen LogP contribution in [-0.4, -0.2) is 21.8 Å². The summed E-state index contributed by atoms with van der Waals surface area (Å²) in [5, 5.41) is 5.56. The maximum absolute atomic E-state index is 12.1. The van der Waals surface area contributed by atoms with Gasteiger partial charge in [-0.2, -0.15) is 0 Å². The Bertz CT molecular complexity index is 717. The second kappa shape index (κ2) is 4.90. The molecule has 2 heterocycles. The highest BCUT2D eigenvalue weighted by atomic mass is 35.5. The largest absolute Gasteiger partial charge is 0.326 e. The summed E-state index contributed by atoms with van der Waals surface area (Å²) in [6.45, 7) is 0. The van der Waals surface area contributed by atoms with E-state index < -0.39 is 0 Å². The summed E-state index contributed by atoms with van der Waals surface area (Å²) in [6, 6.07) is 6.51. The van der Waals surface area contributed by atoms with Crippen LogP contribution in [0.25, 0.3) is 0 Å². The summed E-state index contributed by atoms with van der Waals surface area (Å²) in [6.07, 6.45) is 1.61. The van der Waals surface area contributed by atoms with Crippen molar-refractivity contribution in [3.63, 3.8) is 0 Å². The summed E-state index contributed by atoms with van der Waals surface area (Å²) in [4.78, 5) is 31.0. The Morgan fingerprint density at radius 1 is 1.30 bits per heavy atom. The summed E-state index contributed by atoms with van der Waals surface area (Å²) >= 11 is 5.72. The van der Waals surface area contributed by atoms with E-state index in [2.05, 4.69) is 20.6 Å². The number of aromatic nitrogens is 2. The molecular weight excluding hydrogens is 280 g/mol. The summed E-state index contributed by atoms with van der Waals surface area (Å²) < 4.78 is 0. The van der Waals surface area contributed by atoms with E-state index in [9.17, 15) is 9.59 Å². The van der Waals surface area contributed by atoms with Crippen molar-refractivity contribution in [3.8, 4) is 0 Å². The van der Waals surface area contributed by atoms with Gasteiger partial charge in [-0.3, -0.25) is 9.59 Å². The van der Waals surface area contributed by atoms with E-state index in [-0.39, 0.29) is 17.0 Å². The third-order valence-corrected chi connectivity index (χ3v) is 3.08. The first-order valence-corrected chi connectivity index (χ1v) is 6.21.